The van der Waals surface area contributed by atoms with Gasteiger partial charge in [0.15, 0.2) is 3.92 Å². The van der Waals surface area contributed by atoms with Crippen LogP contribution in [0.1, 0.15) is 19.2 Å². The summed E-state index contributed by atoms with van der Waals surface area (Å²) in [6.45, 7) is 2.13. The summed E-state index contributed by atoms with van der Waals surface area (Å²) in [4.78, 5) is 4.28. The van der Waals surface area contributed by atoms with Crippen LogP contribution in [0.25, 0.3) is 5.13 Å². The molecule has 0 saturated carbocycles. The molecule has 0 aromatic carbocycles. The van der Waals surface area contributed by atoms with Crippen LogP contribution in [-0.2, 0) is 6.42 Å². The first-order valence-corrected chi connectivity index (χ1v) is 5.94. The minimum Gasteiger partial charge on any atom is -0.278 e. The second-order valence-corrected chi connectivity index (χ2v) is 5.03. The predicted molar refractivity (Wildman–Crippen MR) is 58.7 cm³/mol. The van der Waals surface area contributed by atoms with E-state index >= 15 is 0 Å². The maximum absolute atomic E-state index is 4.28. The van der Waals surface area contributed by atoms with Crippen molar-refractivity contribution >= 4 is 27.3 Å². The Labute approximate surface area is 94.1 Å². The minimum atomic E-state index is 0.795. The largest absolute Gasteiger partial charge is 0.278 e. The van der Waals surface area contributed by atoms with Crippen molar-refractivity contribution in [3.63, 3.8) is 0 Å². The maximum atomic E-state index is 4.28. The highest BCUT2D eigenvalue weighted by Crippen LogP contribution is 2.20. The number of halogens is 1. The third-order valence-electron chi connectivity index (χ3n) is 1.79. The fourth-order valence-corrected chi connectivity index (χ4v) is 2.30. The van der Waals surface area contributed by atoms with Crippen LogP contribution in [0.4, 0.5) is 0 Å². The Morgan fingerprint density at radius 1 is 1.50 bits per heavy atom. The Kier molecular flexibility index (Phi) is 2.93. The van der Waals surface area contributed by atoms with Crippen molar-refractivity contribution in [3.8, 4) is 5.13 Å². The van der Waals surface area contributed by atoms with Crippen molar-refractivity contribution in [3.05, 3.63) is 22.1 Å². The van der Waals surface area contributed by atoms with Crippen LogP contribution < -0.4 is 0 Å². The Morgan fingerprint density at radius 2 is 2.36 bits per heavy atom. The van der Waals surface area contributed by atoms with Crippen molar-refractivity contribution in [1.82, 2.24) is 19.7 Å². The van der Waals surface area contributed by atoms with Crippen LogP contribution in [0.5, 0.6) is 0 Å². The van der Waals surface area contributed by atoms with Crippen LogP contribution in [-0.4, -0.2) is 19.7 Å². The van der Waals surface area contributed by atoms with Gasteiger partial charge in [-0.2, -0.15) is 0 Å². The molecule has 0 aliphatic rings. The lowest BCUT2D eigenvalue weighted by Gasteiger charge is -2.00. The van der Waals surface area contributed by atoms with E-state index in [0.29, 0.717) is 0 Å². The summed E-state index contributed by atoms with van der Waals surface area (Å²) < 4.78 is 2.77. The molecule has 0 spiro atoms. The second kappa shape index (κ2) is 4.18. The summed E-state index contributed by atoms with van der Waals surface area (Å²) in [5.41, 5.74) is 0. The fourth-order valence-electron chi connectivity index (χ4n) is 1.21. The lowest BCUT2D eigenvalue weighted by Crippen LogP contribution is -1.99. The zero-order valence-electron chi connectivity index (χ0n) is 7.64. The Bertz CT molecular complexity index is 422. The van der Waals surface area contributed by atoms with Gasteiger partial charge in [-0.3, -0.25) is 4.57 Å². The van der Waals surface area contributed by atoms with Crippen LogP contribution in [0.2, 0.25) is 0 Å². The number of aryl methyl sites for hydroxylation is 1. The quantitative estimate of drug-likeness (QED) is 0.862. The second-order valence-electron chi connectivity index (χ2n) is 2.80. The van der Waals surface area contributed by atoms with E-state index in [1.54, 1.807) is 6.20 Å². The van der Waals surface area contributed by atoms with Crippen LogP contribution in [0.3, 0.4) is 0 Å². The summed E-state index contributed by atoms with van der Waals surface area (Å²) in [6, 6.07) is 0. The van der Waals surface area contributed by atoms with Gasteiger partial charge in [-0.05, 0) is 22.4 Å². The van der Waals surface area contributed by atoms with Crippen molar-refractivity contribution in [2.24, 2.45) is 0 Å². The molecule has 0 N–H and O–H groups in total. The molecule has 0 fully saturated rings. The molecule has 0 aliphatic heterocycles. The van der Waals surface area contributed by atoms with Gasteiger partial charge >= 0.3 is 0 Å². The Morgan fingerprint density at radius 3 is 3.00 bits per heavy atom. The van der Waals surface area contributed by atoms with E-state index in [-0.39, 0.29) is 0 Å². The van der Waals surface area contributed by atoms with Gasteiger partial charge in [0.1, 0.15) is 5.82 Å². The summed E-state index contributed by atoms with van der Waals surface area (Å²) in [7, 11) is 0. The normalized spacial score (nSPS) is 10.7. The molecular weight excluding hydrogens is 264 g/mol. The maximum Gasteiger partial charge on any atom is 0.218 e. The molecule has 2 rings (SSSR count). The lowest BCUT2D eigenvalue weighted by atomic mass is 10.3. The molecule has 0 amide bonds. The summed E-state index contributed by atoms with van der Waals surface area (Å²) in [6.07, 6.45) is 5.75. The first kappa shape index (κ1) is 9.79. The minimum absolute atomic E-state index is 0.795. The first-order valence-electron chi connectivity index (χ1n) is 4.33. The van der Waals surface area contributed by atoms with Gasteiger partial charge < -0.3 is 0 Å². The lowest BCUT2D eigenvalue weighted by molar-refractivity contribution is 0.799. The number of hydrogen-bond acceptors (Lipinski definition) is 4. The van der Waals surface area contributed by atoms with E-state index < -0.39 is 0 Å². The molecule has 74 valence electrons. The molecule has 2 aromatic rings. The molecule has 0 bridgehead atoms. The molecular formula is C8H9BrN4S. The van der Waals surface area contributed by atoms with Gasteiger partial charge in [0.2, 0.25) is 5.13 Å². The molecule has 0 aliphatic carbocycles. The van der Waals surface area contributed by atoms with Gasteiger partial charge in [-0.1, -0.05) is 18.3 Å². The van der Waals surface area contributed by atoms with E-state index in [1.807, 2.05) is 10.8 Å². The van der Waals surface area contributed by atoms with Crippen LogP contribution in [0, 0.1) is 0 Å². The third kappa shape index (κ3) is 1.85. The van der Waals surface area contributed by atoms with E-state index in [1.165, 1.54) is 11.3 Å². The average molecular weight is 273 g/mol. The zero-order valence-corrected chi connectivity index (χ0v) is 10.0. The van der Waals surface area contributed by atoms with E-state index in [0.717, 1.165) is 27.7 Å². The van der Waals surface area contributed by atoms with Gasteiger partial charge in [-0.15, -0.1) is 10.2 Å². The van der Waals surface area contributed by atoms with E-state index in [2.05, 4.69) is 38.0 Å². The molecule has 14 heavy (non-hydrogen) atoms. The van der Waals surface area contributed by atoms with Crippen LogP contribution >= 0.6 is 27.3 Å². The highest BCUT2D eigenvalue weighted by molar-refractivity contribution is 9.11. The first-order chi connectivity index (χ1) is 6.81. The number of hydrogen-bond donors (Lipinski definition) is 0. The third-order valence-corrected chi connectivity index (χ3v) is 3.14. The van der Waals surface area contributed by atoms with Crippen molar-refractivity contribution in [1.29, 1.82) is 0 Å². The molecule has 0 atom stereocenters. The standard InChI is InChI=1S/C8H9BrN4S/c1-2-3-6-10-4-5-13(6)8-12-11-7(9)14-8/h4-5H,2-3H2,1H3. The molecule has 0 unspecified atom stereocenters. The van der Waals surface area contributed by atoms with E-state index in [4.69, 9.17) is 0 Å². The topological polar surface area (TPSA) is 43.6 Å². The molecule has 6 heteroatoms. The Balaban J connectivity index is 2.36. The Hall–Kier alpha value is -0.750. The summed E-state index contributed by atoms with van der Waals surface area (Å²) in [5, 5.41) is 8.82. The highest BCUT2D eigenvalue weighted by Gasteiger charge is 2.08. The number of rotatable bonds is 3. The number of aromatic nitrogens is 4. The van der Waals surface area contributed by atoms with Crippen molar-refractivity contribution in [2.45, 2.75) is 19.8 Å². The number of nitrogens with zero attached hydrogens (tertiary/aromatic N) is 4. The molecule has 4 nitrogen and oxygen atoms in total. The van der Waals surface area contributed by atoms with Gasteiger partial charge in [0.05, 0.1) is 0 Å². The molecule has 0 radical (unpaired) electrons. The molecule has 2 aromatic heterocycles. The van der Waals surface area contributed by atoms with Gasteiger partial charge in [0, 0.05) is 18.8 Å². The van der Waals surface area contributed by atoms with Crippen molar-refractivity contribution in [2.75, 3.05) is 0 Å². The highest BCUT2D eigenvalue weighted by atomic mass is 79.9. The zero-order chi connectivity index (χ0) is 9.97. The van der Waals surface area contributed by atoms with E-state index in [9.17, 15) is 0 Å². The summed E-state index contributed by atoms with van der Waals surface area (Å²) in [5.74, 6) is 1.04. The smallest absolute Gasteiger partial charge is 0.218 e. The monoisotopic (exact) mass is 272 g/mol. The fraction of sp³-hybridized carbons (Fsp3) is 0.375. The van der Waals surface area contributed by atoms with Crippen molar-refractivity contribution < 1.29 is 0 Å². The van der Waals surface area contributed by atoms with Gasteiger partial charge in [0.25, 0.3) is 0 Å². The van der Waals surface area contributed by atoms with Gasteiger partial charge in [-0.25, -0.2) is 4.98 Å². The summed E-state index contributed by atoms with van der Waals surface area (Å²) >= 11 is 4.80. The number of imidazole rings is 1. The molecule has 2 heterocycles. The predicted octanol–water partition coefficient (Wildman–Crippen LogP) is 2.44. The van der Waals surface area contributed by atoms with Crippen LogP contribution in [0.15, 0.2) is 16.3 Å². The average Bonchev–Trinajstić information content (AvgIpc) is 2.74. The molecule has 0 saturated heterocycles. The SMILES string of the molecule is CCCc1nccn1-c1nnc(Br)s1.